The molecule has 34 heavy (non-hydrogen) atoms. The average molecular weight is 498 g/mol. The second kappa shape index (κ2) is 10.2. The number of aryl methyl sites for hydroxylation is 1. The molecule has 174 valence electrons. The fourth-order valence-corrected chi connectivity index (χ4v) is 4.35. The Kier molecular flexibility index (Phi) is 7.09. The number of nitrogens with zero attached hydrogens (tertiary/aromatic N) is 1. The summed E-state index contributed by atoms with van der Waals surface area (Å²) in [5.74, 6) is 0.590. The van der Waals surface area contributed by atoms with Gasteiger partial charge >= 0.3 is 5.97 Å². The van der Waals surface area contributed by atoms with E-state index in [-0.39, 0.29) is 33.9 Å². The summed E-state index contributed by atoms with van der Waals surface area (Å²) in [7, 11) is 1.28. The molecule has 0 saturated carbocycles. The maximum absolute atomic E-state index is 12.7. The van der Waals surface area contributed by atoms with Gasteiger partial charge in [-0.2, -0.15) is 0 Å². The van der Waals surface area contributed by atoms with Crippen molar-refractivity contribution in [3.05, 3.63) is 81.4 Å². The van der Waals surface area contributed by atoms with Gasteiger partial charge in [0, 0.05) is 11.6 Å². The van der Waals surface area contributed by atoms with Crippen LogP contribution < -0.4 is 4.74 Å². The van der Waals surface area contributed by atoms with Crippen LogP contribution in [0, 0.1) is 6.92 Å². The number of hydrogen-bond acceptors (Lipinski definition) is 7. The zero-order valence-electron chi connectivity index (χ0n) is 18.4. The van der Waals surface area contributed by atoms with Crippen molar-refractivity contribution in [1.82, 2.24) is 4.90 Å². The minimum atomic E-state index is -0.557. The van der Waals surface area contributed by atoms with Gasteiger partial charge < -0.3 is 13.9 Å². The standard InChI is InChI=1S/C25H20ClNO6S/c1-15-4-3-5-17(12-15)32-11-10-27-23(28)22(34-25(27)30)14-18-7-9-21(33-18)16-6-8-20(26)19(13-16)24(29)31-2/h3-9,12-14H,10-11H2,1-2H3/b22-14-. The van der Waals surface area contributed by atoms with Gasteiger partial charge in [-0.25, -0.2) is 4.79 Å². The molecule has 1 aliphatic rings. The van der Waals surface area contributed by atoms with Crippen LogP contribution in [0.3, 0.4) is 0 Å². The minimum Gasteiger partial charge on any atom is -0.492 e. The van der Waals surface area contributed by atoms with Crippen molar-refractivity contribution >= 4 is 46.6 Å². The number of thioether (sulfide) groups is 1. The highest BCUT2D eigenvalue weighted by Gasteiger charge is 2.35. The van der Waals surface area contributed by atoms with Crippen molar-refractivity contribution in [2.24, 2.45) is 0 Å². The highest BCUT2D eigenvalue weighted by Crippen LogP contribution is 2.34. The van der Waals surface area contributed by atoms with Gasteiger partial charge in [0.05, 0.1) is 29.1 Å². The van der Waals surface area contributed by atoms with Gasteiger partial charge in [0.2, 0.25) is 0 Å². The summed E-state index contributed by atoms with van der Waals surface area (Å²) in [5.41, 5.74) is 1.89. The summed E-state index contributed by atoms with van der Waals surface area (Å²) >= 11 is 6.92. The van der Waals surface area contributed by atoms with Crippen molar-refractivity contribution in [3.8, 4) is 17.1 Å². The monoisotopic (exact) mass is 497 g/mol. The lowest BCUT2D eigenvalue weighted by Gasteiger charge is -2.13. The maximum Gasteiger partial charge on any atom is 0.339 e. The van der Waals surface area contributed by atoms with E-state index in [0.29, 0.717) is 22.8 Å². The Bertz CT molecular complexity index is 1300. The number of halogens is 1. The number of benzene rings is 2. The fourth-order valence-electron chi connectivity index (χ4n) is 3.31. The van der Waals surface area contributed by atoms with Gasteiger partial charge in [-0.15, -0.1) is 0 Å². The number of esters is 1. The molecule has 0 atom stereocenters. The number of carbonyl (C=O) groups excluding carboxylic acids is 3. The van der Waals surface area contributed by atoms with E-state index in [0.717, 1.165) is 22.2 Å². The van der Waals surface area contributed by atoms with E-state index in [1.165, 1.54) is 13.2 Å². The highest BCUT2D eigenvalue weighted by atomic mass is 35.5. The summed E-state index contributed by atoms with van der Waals surface area (Å²) < 4.78 is 16.2. The highest BCUT2D eigenvalue weighted by molar-refractivity contribution is 8.18. The number of carbonyl (C=O) groups is 3. The SMILES string of the molecule is COC(=O)c1cc(-c2ccc(/C=C3\SC(=O)N(CCOc4cccc(C)c4)C3=O)o2)ccc1Cl. The lowest BCUT2D eigenvalue weighted by molar-refractivity contribution is -0.123. The molecule has 0 spiro atoms. The Morgan fingerprint density at radius 3 is 2.74 bits per heavy atom. The molecule has 1 fully saturated rings. The maximum atomic E-state index is 12.7. The molecule has 4 rings (SSSR count). The number of hydrogen-bond donors (Lipinski definition) is 0. The topological polar surface area (TPSA) is 86.0 Å². The molecule has 3 aromatic rings. The molecule has 0 radical (unpaired) electrons. The van der Waals surface area contributed by atoms with Crippen LogP contribution in [0.2, 0.25) is 5.02 Å². The van der Waals surface area contributed by atoms with Crippen LogP contribution >= 0.6 is 23.4 Å². The van der Waals surface area contributed by atoms with Crippen LogP contribution in [-0.2, 0) is 9.53 Å². The van der Waals surface area contributed by atoms with E-state index in [1.54, 1.807) is 30.3 Å². The zero-order valence-corrected chi connectivity index (χ0v) is 19.9. The van der Waals surface area contributed by atoms with Gasteiger partial charge in [0.1, 0.15) is 23.9 Å². The molecular weight excluding hydrogens is 478 g/mol. The molecule has 0 bridgehead atoms. The molecule has 1 aliphatic heterocycles. The van der Waals surface area contributed by atoms with Crippen molar-refractivity contribution in [1.29, 1.82) is 0 Å². The van der Waals surface area contributed by atoms with Gasteiger partial charge in [-0.1, -0.05) is 23.7 Å². The summed E-state index contributed by atoms with van der Waals surface area (Å²) in [4.78, 5) is 38.4. The van der Waals surface area contributed by atoms with Crippen LogP contribution in [0.15, 0.2) is 63.9 Å². The molecular formula is C25H20ClNO6S. The predicted octanol–water partition coefficient (Wildman–Crippen LogP) is 5.81. The van der Waals surface area contributed by atoms with Crippen LogP contribution in [0.4, 0.5) is 4.79 Å². The summed E-state index contributed by atoms with van der Waals surface area (Å²) in [6.45, 7) is 2.29. The van der Waals surface area contributed by atoms with Gasteiger partial charge in [-0.3, -0.25) is 14.5 Å². The van der Waals surface area contributed by atoms with E-state index in [9.17, 15) is 14.4 Å². The molecule has 1 saturated heterocycles. The number of methoxy groups -OCH3 is 1. The van der Waals surface area contributed by atoms with Crippen molar-refractivity contribution in [2.75, 3.05) is 20.3 Å². The molecule has 2 aromatic carbocycles. The number of amides is 2. The lowest BCUT2D eigenvalue weighted by atomic mass is 10.1. The van der Waals surface area contributed by atoms with E-state index < -0.39 is 11.9 Å². The molecule has 1 aromatic heterocycles. The van der Waals surface area contributed by atoms with Crippen molar-refractivity contribution < 1.29 is 28.3 Å². The quantitative estimate of drug-likeness (QED) is 0.300. The predicted molar refractivity (Wildman–Crippen MR) is 130 cm³/mol. The number of furan rings is 1. The molecule has 2 heterocycles. The third-order valence-electron chi connectivity index (χ3n) is 5.00. The Labute approximate surface area is 205 Å². The Hall–Kier alpha value is -3.49. The van der Waals surface area contributed by atoms with Gasteiger partial charge in [-0.05, 0) is 66.7 Å². The number of rotatable bonds is 7. The van der Waals surface area contributed by atoms with Crippen LogP contribution in [0.25, 0.3) is 17.4 Å². The Morgan fingerprint density at radius 2 is 1.97 bits per heavy atom. The first-order chi connectivity index (χ1) is 16.4. The van der Waals surface area contributed by atoms with Crippen LogP contribution in [0.1, 0.15) is 21.7 Å². The second-order valence-corrected chi connectivity index (χ2v) is 8.79. The van der Waals surface area contributed by atoms with E-state index in [4.69, 9.17) is 25.5 Å². The third kappa shape index (κ3) is 5.18. The fraction of sp³-hybridized carbons (Fsp3) is 0.160. The van der Waals surface area contributed by atoms with Crippen LogP contribution in [-0.4, -0.2) is 42.3 Å². The molecule has 0 unspecified atom stereocenters. The molecule has 2 amide bonds. The molecule has 9 heteroatoms. The number of imide groups is 1. The summed E-state index contributed by atoms with van der Waals surface area (Å²) in [5, 5.41) is -0.0984. The van der Waals surface area contributed by atoms with Crippen molar-refractivity contribution in [3.63, 3.8) is 0 Å². The lowest BCUT2D eigenvalue weighted by Crippen LogP contribution is -2.32. The Balaban J connectivity index is 1.44. The summed E-state index contributed by atoms with van der Waals surface area (Å²) in [6, 6.07) is 15.8. The second-order valence-electron chi connectivity index (χ2n) is 7.39. The van der Waals surface area contributed by atoms with E-state index in [1.807, 2.05) is 31.2 Å². The third-order valence-corrected chi connectivity index (χ3v) is 6.24. The molecule has 0 N–H and O–H groups in total. The van der Waals surface area contributed by atoms with Gasteiger partial charge in [0.15, 0.2) is 0 Å². The zero-order chi connectivity index (χ0) is 24.2. The first-order valence-corrected chi connectivity index (χ1v) is 11.5. The Morgan fingerprint density at radius 1 is 1.15 bits per heavy atom. The average Bonchev–Trinajstić information content (AvgIpc) is 3.39. The molecule has 0 aliphatic carbocycles. The van der Waals surface area contributed by atoms with Gasteiger partial charge in [0.25, 0.3) is 11.1 Å². The van der Waals surface area contributed by atoms with Crippen LogP contribution in [0.5, 0.6) is 5.75 Å². The number of ether oxygens (including phenoxy) is 2. The largest absolute Gasteiger partial charge is 0.492 e. The first-order valence-electron chi connectivity index (χ1n) is 10.3. The van der Waals surface area contributed by atoms with Crippen molar-refractivity contribution in [2.45, 2.75) is 6.92 Å². The van der Waals surface area contributed by atoms with E-state index >= 15 is 0 Å². The molecule has 7 nitrogen and oxygen atoms in total. The minimum absolute atomic E-state index is 0.139. The summed E-state index contributed by atoms with van der Waals surface area (Å²) in [6.07, 6.45) is 1.52. The normalized spacial score (nSPS) is 14.7. The smallest absolute Gasteiger partial charge is 0.339 e. The van der Waals surface area contributed by atoms with E-state index in [2.05, 4.69) is 0 Å². The first kappa shape index (κ1) is 23.7.